The largest absolute Gasteiger partial charge is 0.326 e. The van der Waals surface area contributed by atoms with Gasteiger partial charge in [-0.2, -0.15) is 0 Å². The molecule has 60 valence electrons. The van der Waals surface area contributed by atoms with Gasteiger partial charge in [0.2, 0.25) is 5.91 Å². The van der Waals surface area contributed by atoms with Crippen molar-refractivity contribution in [3.8, 4) is 0 Å². The molecular weight excluding hydrogens is 206 g/mol. The molecular formula is C8H10BrNO. The van der Waals surface area contributed by atoms with Crippen LogP contribution in [0.3, 0.4) is 0 Å². The van der Waals surface area contributed by atoms with Crippen LogP contribution in [0.5, 0.6) is 0 Å². The highest BCUT2D eigenvalue weighted by atomic mass is 79.9. The SMILES string of the molecule is O=C(CBr)NC1=CCCC=C1. The summed E-state index contributed by atoms with van der Waals surface area (Å²) in [5.74, 6) is 0.00259. The molecule has 0 saturated heterocycles. The van der Waals surface area contributed by atoms with Crippen LogP contribution in [0.1, 0.15) is 12.8 Å². The lowest BCUT2D eigenvalue weighted by Gasteiger charge is -2.06. The van der Waals surface area contributed by atoms with Crippen LogP contribution in [-0.4, -0.2) is 11.2 Å². The van der Waals surface area contributed by atoms with Crippen molar-refractivity contribution in [2.45, 2.75) is 12.8 Å². The number of amides is 1. The van der Waals surface area contributed by atoms with Gasteiger partial charge in [-0.3, -0.25) is 4.79 Å². The van der Waals surface area contributed by atoms with Crippen LogP contribution in [0.15, 0.2) is 23.9 Å². The summed E-state index contributed by atoms with van der Waals surface area (Å²) in [6, 6.07) is 0. The Hall–Kier alpha value is -0.570. The molecule has 0 spiro atoms. The van der Waals surface area contributed by atoms with Crippen molar-refractivity contribution in [3.63, 3.8) is 0 Å². The van der Waals surface area contributed by atoms with Gasteiger partial charge in [0.1, 0.15) is 0 Å². The lowest BCUT2D eigenvalue weighted by molar-refractivity contribution is -0.117. The molecule has 0 fully saturated rings. The number of nitrogens with one attached hydrogen (secondary N) is 1. The molecule has 11 heavy (non-hydrogen) atoms. The van der Waals surface area contributed by atoms with Crippen LogP contribution in [0.25, 0.3) is 0 Å². The number of hydrogen-bond acceptors (Lipinski definition) is 1. The van der Waals surface area contributed by atoms with Crippen LogP contribution in [-0.2, 0) is 4.79 Å². The number of rotatable bonds is 2. The first-order valence-electron chi connectivity index (χ1n) is 3.55. The van der Waals surface area contributed by atoms with Gasteiger partial charge in [-0.15, -0.1) is 0 Å². The first-order chi connectivity index (χ1) is 5.33. The average Bonchev–Trinajstić information content (AvgIpc) is 2.06. The Bertz CT molecular complexity index is 208. The summed E-state index contributed by atoms with van der Waals surface area (Å²) in [5, 5.41) is 3.12. The van der Waals surface area contributed by atoms with Gasteiger partial charge >= 0.3 is 0 Å². The molecule has 0 aromatic heterocycles. The highest BCUT2D eigenvalue weighted by molar-refractivity contribution is 9.09. The molecule has 0 radical (unpaired) electrons. The maximum Gasteiger partial charge on any atom is 0.235 e. The molecule has 1 N–H and O–H groups in total. The van der Waals surface area contributed by atoms with E-state index in [2.05, 4.69) is 27.3 Å². The smallest absolute Gasteiger partial charge is 0.235 e. The summed E-state index contributed by atoms with van der Waals surface area (Å²) in [5.41, 5.74) is 0.917. The Kier molecular flexibility index (Phi) is 3.36. The van der Waals surface area contributed by atoms with Crippen molar-refractivity contribution < 1.29 is 4.79 Å². The quantitative estimate of drug-likeness (QED) is 0.699. The molecule has 0 saturated carbocycles. The van der Waals surface area contributed by atoms with Crippen LogP contribution < -0.4 is 5.32 Å². The monoisotopic (exact) mass is 215 g/mol. The highest BCUT2D eigenvalue weighted by Gasteiger charge is 2.00. The Labute approximate surface area is 74.5 Å². The fourth-order valence-electron chi connectivity index (χ4n) is 0.900. The fourth-order valence-corrected chi connectivity index (χ4v) is 1.04. The minimum Gasteiger partial charge on any atom is -0.326 e. The zero-order chi connectivity index (χ0) is 8.10. The van der Waals surface area contributed by atoms with Crippen molar-refractivity contribution in [3.05, 3.63) is 23.9 Å². The minimum absolute atomic E-state index is 0.00259. The maximum absolute atomic E-state index is 10.8. The third-order valence-corrected chi connectivity index (χ3v) is 1.91. The highest BCUT2D eigenvalue weighted by Crippen LogP contribution is 2.06. The Balaban J connectivity index is 2.42. The van der Waals surface area contributed by atoms with E-state index in [1.54, 1.807) is 0 Å². The van der Waals surface area contributed by atoms with Crippen molar-refractivity contribution >= 4 is 21.8 Å². The minimum atomic E-state index is 0.00259. The zero-order valence-corrected chi connectivity index (χ0v) is 7.73. The summed E-state index contributed by atoms with van der Waals surface area (Å²) < 4.78 is 0. The molecule has 0 aromatic carbocycles. The number of carbonyl (C=O) groups is 1. The summed E-state index contributed by atoms with van der Waals surface area (Å²) in [6.07, 6.45) is 8.12. The molecule has 3 heteroatoms. The topological polar surface area (TPSA) is 29.1 Å². The number of alkyl halides is 1. The number of hydrogen-bond donors (Lipinski definition) is 1. The Morgan fingerprint density at radius 3 is 3.00 bits per heavy atom. The van der Waals surface area contributed by atoms with Crippen LogP contribution in [0.4, 0.5) is 0 Å². The van der Waals surface area contributed by atoms with E-state index >= 15 is 0 Å². The second kappa shape index (κ2) is 4.34. The Morgan fingerprint density at radius 1 is 1.64 bits per heavy atom. The van der Waals surface area contributed by atoms with Crippen LogP contribution in [0.2, 0.25) is 0 Å². The van der Waals surface area contributed by atoms with E-state index in [1.165, 1.54) is 0 Å². The van der Waals surface area contributed by atoms with E-state index in [1.807, 2.05) is 12.2 Å². The summed E-state index contributed by atoms with van der Waals surface area (Å²) in [7, 11) is 0. The van der Waals surface area contributed by atoms with Crippen LogP contribution >= 0.6 is 15.9 Å². The maximum atomic E-state index is 10.8. The molecule has 2 nitrogen and oxygen atoms in total. The second-order valence-electron chi connectivity index (χ2n) is 2.32. The molecule has 1 amide bonds. The van der Waals surface area contributed by atoms with E-state index in [0.717, 1.165) is 18.5 Å². The summed E-state index contributed by atoms with van der Waals surface area (Å²) >= 11 is 3.08. The van der Waals surface area contributed by atoms with Crippen molar-refractivity contribution in [1.82, 2.24) is 5.32 Å². The van der Waals surface area contributed by atoms with E-state index in [0.29, 0.717) is 5.33 Å². The van der Waals surface area contributed by atoms with Crippen LogP contribution in [0, 0.1) is 0 Å². The van der Waals surface area contributed by atoms with Gasteiger partial charge in [0.15, 0.2) is 0 Å². The molecule has 0 atom stereocenters. The molecule has 1 aliphatic rings. The van der Waals surface area contributed by atoms with Gasteiger partial charge in [0.05, 0.1) is 5.33 Å². The third kappa shape index (κ3) is 2.89. The number of carbonyl (C=O) groups excluding carboxylic acids is 1. The lowest BCUT2D eigenvalue weighted by Crippen LogP contribution is -2.23. The third-order valence-electron chi connectivity index (χ3n) is 1.40. The molecule has 0 aromatic rings. The van der Waals surface area contributed by atoms with E-state index < -0.39 is 0 Å². The van der Waals surface area contributed by atoms with Crippen molar-refractivity contribution in [1.29, 1.82) is 0 Å². The van der Waals surface area contributed by atoms with E-state index in [9.17, 15) is 4.79 Å². The van der Waals surface area contributed by atoms with Gasteiger partial charge < -0.3 is 5.32 Å². The first-order valence-corrected chi connectivity index (χ1v) is 4.67. The summed E-state index contributed by atoms with van der Waals surface area (Å²) in [4.78, 5) is 10.8. The fraction of sp³-hybridized carbons (Fsp3) is 0.375. The predicted molar refractivity (Wildman–Crippen MR) is 48.4 cm³/mol. The van der Waals surface area contributed by atoms with Gasteiger partial charge in [-0.1, -0.05) is 28.1 Å². The number of allylic oxidation sites excluding steroid dienone is 3. The molecule has 0 aliphatic heterocycles. The molecule has 1 rings (SSSR count). The molecule has 0 heterocycles. The molecule has 0 bridgehead atoms. The number of halogens is 1. The summed E-state index contributed by atoms with van der Waals surface area (Å²) in [6.45, 7) is 0. The van der Waals surface area contributed by atoms with Crippen molar-refractivity contribution in [2.24, 2.45) is 0 Å². The van der Waals surface area contributed by atoms with Crippen molar-refractivity contribution in [2.75, 3.05) is 5.33 Å². The average molecular weight is 216 g/mol. The van der Waals surface area contributed by atoms with Gasteiger partial charge in [-0.05, 0) is 18.9 Å². The van der Waals surface area contributed by atoms with E-state index in [-0.39, 0.29) is 5.91 Å². The zero-order valence-electron chi connectivity index (χ0n) is 6.14. The van der Waals surface area contributed by atoms with Gasteiger partial charge in [0.25, 0.3) is 0 Å². The predicted octanol–water partition coefficient (Wildman–Crippen LogP) is 1.73. The first kappa shape index (κ1) is 8.53. The Morgan fingerprint density at radius 2 is 2.45 bits per heavy atom. The normalized spacial score (nSPS) is 15.9. The molecule has 1 aliphatic carbocycles. The standard InChI is InChI=1S/C8H10BrNO/c9-6-8(11)10-7-4-2-1-3-5-7/h2,4-5H,1,3,6H2,(H,10,11). The second-order valence-corrected chi connectivity index (χ2v) is 2.88. The molecule has 0 unspecified atom stereocenters. The lowest BCUT2D eigenvalue weighted by atomic mass is 10.1. The van der Waals surface area contributed by atoms with E-state index in [4.69, 9.17) is 0 Å². The van der Waals surface area contributed by atoms with Gasteiger partial charge in [-0.25, -0.2) is 0 Å². The van der Waals surface area contributed by atoms with Gasteiger partial charge in [0, 0.05) is 5.70 Å².